The molecule has 0 spiro atoms. The van der Waals surface area contributed by atoms with Crippen LogP contribution in [-0.2, 0) is 0 Å². The average molecular weight is 234 g/mol. The molecule has 1 aromatic heterocycles. The third-order valence-electron chi connectivity index (χ3n) is 2.21. The summed E-state index contributed by atoms with van der Waals surface area (Å²) in [6, 6.07) is 8.19. The van der Waals surface area contributed by atoms with Gasteiger partial charge in [-0.15, -0.1) is 0 Å². The van der Waals surface area contributed by atoms with E-state index in [1.807, 2.05) is 38.1 Å². The molecule has 1 heterocycles. The molecule has 2 N–H and O–H groups in total. The van der Waals surface area contributed by atoms with Gasteiger partial charge in [0.1, 0.15) is 6.26 Å². The van der Waals surface area contributed by atoms with Crippen molar-refractivity contribution in [2.75, 3.05) is 0 Å². The monoisotopic (exact) mass is 234 g/mol. The predicted octanol–water partition coefficient (Wildman–Crippen LogP) is 3.15. The summed E-state index contributed by atoms with van der Waals surface area (Å²) in [5.41, 5.74) is 7.81. The number of aryl methyl sites for hydroxylation is 1. The lowest BCUT2D eigenvalue weighted by Gasteiger charge is -2.05. The maximum Gasteiger partial charge on any atom is 0.260 e. The SMILES string of the molecule is Cc1coc(Sc2ccc([C@@H](C)N)cc2)n1. The lowest BCUT2D eigenvalue weighted by Crippen LogP contribution is -2.04. The highest BCUT2D eigenvalue weighted by atomic mass is 32.2. The van der Waals surface area contributed by atoms with Crippen LogP contribution in [0.25, 0.3) is 0 Å². The lowest BCUT2D eigenvalue weighted by atomic mass is 10.1. The Balaban J connectivity index is 2.11. The van der Waals surface area contributed by atoms with Crippen LogP contribution in [0.4, 0.5) is 0 Å². The fourth-order valence-corrected chi connectivity index (χ4v) is 2.08. The number of oxazole rings is 1. The number of aromatic nitrogens is 1. The molecular formula is C12H14N2OS. The van der Waals surface area contributed by atoms with Crippen LogP contribution >= 0.6 is 11.8 Å². The summed E-state index contributed by atoms with van der Waals surface area (Å²) in [6.45, 7) is 3.88. The largest absolute Gasteiger partial charge is 0.439 e. The van der Waals surface area contributed by atoms with Gasteiger partial charge in [-0.3, -0.25) is 0 Å². The maximum atomic E-state index is 5.78. The molecule has 0 fully saturated rings. The highest BCUT2D eigenvalue weighted by molar-refractivity contribution is 7.99. The van der Waals surface area contributed by atoms with E-state index in [9.17, 15) is 0 Å². The number of benzene rings is 1. The molecule has 0 aliphatic heterocycles. The molecular weight excluding hydrogens is 220 g/mol. The molecule has 0 saturated carbocycles. The van der Waals surface area contributed by atoms with E-state index in [1.54, 1.807) is 6.26 Å². The molecule has 2 rings (SSSR count). The van der Waals surface area contributed by atoms with E-state index >= 15 is 0 Å². The molecule has 0 aliphatic carbocycles. The Bertz CT molecular complexity index is 462. The van der Waals surface area contributed by atoms with Crippen LogP contribution in [0.1, 0.15) is 24.2 Å². The first-order valence-corrected chi connectivity index (χ1v) is 5.92. The Morgan fingerprint density at radius 2 is 2.00 bits per heavy atom. The van der Waals surface area contributed by atoms with Crippen LogP contribution in [0.5, 0.6) is 0 Å². The van der Waals surface area contributed by atoms with Crippen molar-refractivity contribution in [3.63, 3.8) is 0 Å². The number of rotatable bonds is 3. The topological polar surface area (TPSA) is 52.0 Å². The third-order valence-corrected chi connectivity index (χ3v) is 3.08. The molecule has 0 bridgehead atoms. The van der Waals surface area contributed by atoms with Crippen LogP contribution in [0.15, 0.2) is 45.1 Å². The van der Waals surface area contributed by atoms with E-state index in [0.29, 0.717) is 5.22 Å². The van der Waals surface area contributed by atoms with E-state index in [2.05, 4.69) is 4.98 Å². The van der Waals surface area contributed by atoms with Crippen molar-refractivity contribution in [1.29, 1.82) is 0 Å². The van der Waals surface area contributed by atoms with E-state index < -0.39 is 0 Å². The van der Waals surface area contributed by atoms with Gasteiger partial charge in [-0.2, -0.15) is 0 Å². The number of nitrogens with two attached hydrogens (primary N) is 1. The molecule has 16 heavy (non-hydrogen) atoms. The van der Waals surface area contributed by atoms with E-state index in [1.165, 1.54) is 11.8 Å². The Morgan fingerprint density at radius 3 is 2.50 bits per heavy atom. The molecule has 2 aromatic rings. The first-order chi connectivity index (χ1) is 7.65. The Kier molecular flexibility index (Phi) is 3.31. The second kappa shape index (κ2) is 4.72. The first kappa shape index (κ1) is 11.2. The molecule has 0 aliphatic rings. The van der Waals surface area contributed by atoms with Crippen molar-refractivity contribution in [3.05, 3.63) is 41.8 Å². The quantitative estimate of drug-likeness (QED) is 0.886. The Hall–Kier alpha value is -1.26. The second-order valence-corrected chi connectivity index (χ2v) is 4.74. The highest BCUT2D eigenvalue weighted by Gasteiger charge is 2.04. The summed E-state index contributed by atoms with van der Waals surface area (Å²) in [6.07, 6.45) is 1.65. The summed E-state index contributed by atoms with van der Waals surface area (Å²) in [5.74, 6) is 0. The molecule has 0 saturated heterocycles. The Labute approximate surface area is 99.1 Å². The zero-order valence-electron chi connectivity index (χ0n) is 9.31. The normalized spacial score (nSPS) is 12.7. The van der Waals surface area contributed by atoms with Crippen LogP contribution < -0.4 is 5.73 Å². The van der Waals surface area contributed by atoms with Crippen LogP contribution in [0, 0.1) is 6.92 Å². The number of nitrogens with zero attached hydrogens (tertiary/aromatic N) is 1. The standard InChI is InChI=1S/C12H14N2OS/c1-8-7-15-12(14-8)16-11-5-3-10(4-6-11)9(2)13/h3-7,9H,13H2,1-2H3/t9-/m1/s1. The van der Waals surface area contributed by atoms with E-state index in [4.69, 9.17) is 10.2 Å². The molecule has 3 nitrogen and oxygen atoms in total. The maximum absolute atomic E-state index is 5.78. The molecule has 1 aromatic carbocycles. The predicted molar refractivity (Wildman–Crippen MR) is 64.4 cm³/mol. The van der Waals surface area contributed by atoms with Crippen molar-refractivity contribution in [1.82, 2.24) is 4.98 Å². The van der Waals surface area contributed by atoms with E-state index in [-0.39, 0.29) is 6.04 Å². The minimum atomic E-state index is 0.0723. The first-order valence-electron chi connectivity index (χ1n) is 5.10. The van der Waals surface area contributed by atoms with Gasteiger partial charge in [0.25, 0.3) is 5.22 Å². The van der Waals surface area contributed by atoms with Crippen molar-refractivity contribution < 1.29 is 4.42 Å². The zero-order valence-corrected chi connectivity index (χ0v) is 10.1. The lowest BCUT2D eigenvalue weighted by molar-refractivity contribution is 0.454. The highest BCUT2D eigenvalue weighted by Crippen LogP contribution is 2.27. The summed E-state index contributed by atoms with van der Waals surface area (Å²) >= 11 is 1.51. The minimum Gasteiger partial charge on any atom is -0.439 e. The third kappa shape index (κ3) is 2.65. The van der Waals surface area contributed by atoms with Crippen molar-refractivity contribution in [3.8, 4) is 0 Å². The van der Waals surface area contributed by atoms with Gasteiger partial charge in [0.15, 0.2) is 0 Å². The summed E-state index contributed by atoms with van der Waals surface area (Å²) in [5, 5.41) is 0.672. The van der Waals surface area contributed by atoms with Crippen molar-refractivity contribution >= 4 is 11.8 Å². The molecule has 4 heteroatoms. The number of hydrogen-bond donors (Lipinski definition) is 1. The fourth-order valence-electron chi connectivity index (χ4n) is 1.32. The average Bonchev–Trinajstić information content (AvgIpc) is 2.65. The molecule has 84 valence electrons. The van der Waals surface area contributed by atoms with Gasteiger partial charge in [0.05, 0.1) is 5.69 Å². The molecule has 1 atom stereocenters. The van der Waals surface area contributed by atoms with E-state index in [0.717, 1.165) is 16.2 Å². The minimum absolute atomic E-state index is 0.0723. The van der Waals surface area contributed by atoms with Crippen LogP contribution in [-0.4, -0.2) is 4.98 Å². The van der Waals surface area contributed by atoms with Gasteiger partial charge >= 0.3 is 0 Å². The summed E-state index contributed by atoms with van der Waals surface area (Å²) < 4.78 is 5.27. The van der Waals surface area contributed by atoms with Crippen LogP contribution in [0.2, 0.25) is 0 Å². The number of hydrogen-bond acceptors (Lipinski definition) is 4. The van der Waals surface area contributed by atoms with Crippen molar-refractivity contribution in [2.24, 2.45) is 5.73 Å². The van der Waals surface area contributed by atoms with Crippen molar-refractivity contribution in [2.45, 2.75) is 30.0 Å². The van der Waals surface area contributed by atoms with Gasteiger partial charge in [0.2, 0.25) is 0 Å². The molecule has 0 amide bonds. The molecule has 0 radical (unpaired) electrons. The molecule has 0 unspecified atom stereocenters. The van der Waals surface area contributed by atoms with Gasteiger partial charge in [-0.1, -0.05) is 12.1 Å². The summed E-state index contributed by atoms with van der Waals surface area (Å²) in [7, 11) is 0. The van der Waals surface area contributed by atoms with Gasteiger partial charge in [-0.05, 0) is 43.3 Å². The van der Waals surface area contributed by atoms with Crippen LogP contribution in [0.3, 0.4) is 0 Å². The Morgan fingerprint density at radius 1 is 1.31 bits per heavy atom. The summed E-state index contributed by atoms with van der Waals surface area (Å²) in [4.78, 5) is 5.34. The smallest absolute Gasteiger partial charge is 0.260 e. The van der Waals surface area contributed by atoms with Gasteiger partial charge in [-0.25, -0.2) is 4.98 Å². The zero-order chi connectivity index (χ0) is 11.5. The van der Waals surface area contributed by atoms with Gasteiger partial charge < -0.3 is 10.2 Å². The van der Waals surface area contributed by atoms with Gasteiger partial charge in [0, 0.05) is 10.9 Å². The fraction of sp³-hybridized carbons (Fsp3) is 0.250. The second-order valence-electron chi connectivity index (χ2n) is 3.71.